The molecule has 3 rings (SSSR count). The summed E-state index contributed by atoms with van der Waals surface area (Å²) in [5.74, 6) is -0.414. The average molecular weight is 429 g/mol. The van der Waals surface area contributed by atoms with Crippen LogP contribution in [0.25, 0.3) is 0 Å². The number of nitrogens with zero attached hydrogens (tertiary/aromatic N) is 1. The highest BCUT2D eigenvalue weighted by atomic mass is 32.2. The van der Waals surface area contributed by atoms with Crippen LogP contribution in [-0.4, -0.2) is 37.5 Å². The van der Waals surface area contributed by atoms with Gasteiger partial charge in [0.25, 0.3) is 0 Å². The van der Waals surface area contributed by atoms with E-state index in [0.717, 1.165) is 24.8 Å². The summed E-state index contributed by atoms with van der Waals surface area (Å²) >= 11 is 0. The van der Waals surface area contributed by atoms with Gasteiger partial charge >= 0.3 is 0 Å². The summed E-state index contributed by atoms with van der Waals surface area (Å²) in [6.07, 6.45) is 2.91. The molecule has 1 amide bonds. The van der Waals surface area contributed by atoms with Crippen molar-refractivity contribution in [2.24, 2.45) is 0 Å². The number of carbonyl (C=O) groups excluding carboxylic acids is 2. The van der Waals surface area contributed by atoms with Gasteiger partial charge in [0.1, 0.15) is 0 Å². The molecule has 0 unspecified atom stereocenters. The summed E-state index contributed by atoms with van der Waals surface area (Å²) in [6, 6.07) is 12.1. The molecular formula is C23H28N2O4S. The Morgan fingerprint density at radius 3 is 2.27 bits per heavy atom. The first kappa shape index (κ1) is 22.2. The van der Waals surface area contributed by atoms with Crippen molar-refractivity contribution in [1.82, 2.24) is 4.31 Å². The minimum atomic E-state index is -3.59. The van der Waals surface area contributed by atoms with Crippen molar-refractivity contribution in [3.63, 3.8) is 0 Å². The maximum atomic E-state index is 13.0. The van der Waals surface area contributed by atoms with Gasteiger partial charge < -0.3 is 5.32 Å². The standard InChI is InChI=1S/C23H28N2O4S/c1-17-6-9-19(10-7-17)21(26)12-13-23(27)24-20-11-8-18(2)22(16-20)30(28,29)25-14-4-3-5-15-25/h6-11,16H,3-5,12-15H2,1-2H3,(H,24,27). The Hall–Kier alpha value is -2.51. The van der Waals surface area contributed by atoms with Crippen LogP contribution in [-0.2, 0) is 14.8 Å². The smallest absolute Gasteiger partial charge is 0.243 e. The van der Waals surface area contributed by atoms with E-state index in [-0.39, 0.29) is 29.4 Å². The lowest BCUT2D eigenvalue weighted by atomic mass is 10.0. The molecule has 0 saturated carbocycles. The molecule has 1 aliphatic heterocycles. The molecule has 6 nitrogen and oxygen atoms in total. The summed E-state index contributed by atoms with van der Waals surface area (Å²) in [6.45, 7) is 4.75. The van der Waals surface area contributed by atoms with E-state index in [1.807, 2.05) is 19.1 Å². The molecule has 2 aromatic rings. The van der Waals surface area contributed by atoms with Gasteiger partial charge in [0.2, 0.25) is 15.9 Å². The van der Waals surface area contributed by atoms with Crippen LogP contribution < -0.4 is 5.32 Å². The molecule has 0 spiro atoms. The van der Waals surface area contributed by atoms with E-state index in [4.69, 9.17) is 0 Å². The molecule has 1 heterocycles. The molecule has 0 bridgehead atoms. The molecule has 30 heavy (non-hydrogen) atoms. The molecule has 0 radical (unpaired) electrons. The molecule has 2 aromatic carbocycles. The predicted octanol–water partition coefficient (Wildman–Crippen LogP) is 4.08. The van der Waals surface area contributed by atoms with Gasteiger partial charge in [-0.3, -0.25) is 9.59 Å². The lowest BCUT2D eigenvalue weighted by Gasteiger charge is -2.26. The van der Waals surface area contributed by atoms with Crippen LogP contribution in [0, 0.1) is 13.8 Å². The Morgan fingerprint density at radius 1 is 0.933 bits per heavy atom. The zero-order chi connectivity index (χ0) is 21.7. The Morgan fingerprint density at radius 2 is 1.60 bits per heavy atom. The van der Waals surface area contributed by atoms with Crippen molar-refractivity contribution < 1.29 is 18.0 Å². The number of hydrogen-bond acceptors (Lipinski definition) is 4. The zero-order valence-corrected chi connectivity index (χ0v) is 18.3. The van der Waals surface area contributed by atoms with Gasteiger partial charge in [0, 0.05) is 37.2 Å². The first-order chi connectivity index (χ1) is 14.3. The highest BCUT2D eigenvalue weighted by molar-refractivity contribution is 7.89. The third kappa shape index (κ3) is 5.34. The number of piperidine rings is 1. The van der Waals surface area contributed by atoms with Crippen LogP contribution in [0.3, 0.4) is 0 Å². The average Bonchev–Trinajstić information content (AvgIpc) is 2.74. The van der Waals surface area contributed by atoms with Gasteiger partial charge in [-0.05, 0) is 44.4 Å². The number of sulfonamides is 1. The summed E-state index contributed by atoms with van der Waals surface area (Å²) in [4.78, 5) is 24.8. The van der Waals surface area contributed by atoms with Crippen LogP contribution in [0.5, 0.6) is 0 Å². The maximum Gasteiger partial charge on any atom is 0.243 e. The van der Waals surface area contributed by atoms with Crippen molar-refractivity contribution in [2.75, 3.05) is 18.4 Å². The second kappa shape index (κ2) is 9.53. The lowest BCUT2D eigenvalue weighted by molar-refractivity contribution is -0.116. The third-order valence-electron chi connectivity index (χ3n) is 5.36. The number of ketones is 1. The molecule has 1 saturated heterocycles. The quantitative estimate of drug-likeness (QED) is 0.674. The molecule has 0 aliphatic carbocycles. The first-order valence-electron chi connectivity index (χ1n) is 10.3. The van der Waals surface area contributed by atoms with Gasteiger partial charge in [0.15, 0.2) is 5.78 Å². The number of hydrogen-bond donors (Lipinski definition) is 1. The highest BCUT2D eigenvalue weighted by Gasteiger charge is 2.27. The van der Waals surface area contributed by atoms with E-state index in [2.05, 4.69) is 5.32 Å². The van der Waals surface area contributed by atoms with E-state index in [1.54, 1.807) is 31.2 Å². The largest absolute Gasteiger partial charge is 0.326 e. The monoisotopic (exact) mass is 428 g/mol. The predicted molar refractivity (Wildman–Crippen MR) is 117 cm³/mol. The number of aryl methyl sites for hydroxylation is 2. The van der Waals surface area contributed by atoms with Crippen LogP contribution in [0.4, 0.5) is 5.69 Å². The van der Waals surface area contributed by atoms with E-state index < -0.39 is 10.0 Å². The number of carbonyl (C=O) groups is 2. The van der Waals surface area contributed by atoms with Gasteiger partial charge in [0.05, 0.1) is 4.90 Å². The molecule has 7 heteroatoms. The van der Waals surface area contributed by atoms with E-state index in [1.165, 1.54) is 10.4 Å². The molecule has 0 atom stereocenters. The molecular weight excluding hydrogens is 400 g/mol. The number of rotatable bonds is 7. The van der Waals surface area contributed by atoms with Gasteiger partial charge in [-0.1, -0.05) is 42.3 Å². The van der Waals surface area contributed by atoms with Crippen molar-refractivity contribution in [1.29, 1.82) is 0 Å². The first-order valence-corrected chi connectivity index (χ1v) is 11.7. The molecule has 1 fully saturated rings. The second-order valence-corrected chi connectivity index (χ2v) is 9.69. The second-order valence-electron chi connectivity index (χ2n) is 7.78. The Bertz CT molecular complexity index is 1020. The van der Waals surface area contributed by atoms with Crippen LogP contribution in [0.1, 0.15) is 53.6 Å². The lowest BCUT2D eigenvalue weighted by Crippen LogP contribution is -2.36. The van der Waals surface area contributed by atoms with Gasteiger partial charge in [-0.15, -0.1) is 0 Å². The Kier molecular flexibility index (Phi) is 7.05. The van der Waals surface area contributed by atoms with E-state index in [9.17, 15) is 18.0 Å². The van der Waals surface area contributed by atoms with Gasteiger partial charge in [-0.25, -0.2) is 8.42 Å². The zero-order valence-electron chi connectivity index (χ0n) is 17.5. The minimum Gasteiger partial charge on any atom is -0.326 e. The molecule has 160 valence electrons. The highest BCUT2D eigenvalue weighted by Crippen LogP contribution is 2.26. The summed E-state index contributed by atoms with van der Waals surface area (Å²) < 4.78 is 27.5. The summed E-state index contributed by atoms with van der Waals surface area (Å²) in [5, 5.41) is 2.73. The van der Waals surface area contributed by atoms with Crippen LogP contribution in [0.2, 0.25) is 0 Å². The summed E-state index contributed by atoms with van der Waals surface area (Å²) in [5.41, 5.74) is 2.72. The fraction of sp³-hybridized carbons (Fsp3) is 0.391. The summed E-state index contributed by atoms with van der Waals surface area (Å²) in [7, 11) is -3.59. The molecule has 1 aliphatic rings. The van der Waals surface area contributed by atoms with Gasteiger partial charge in [-0.2, -0.15) is 4.31 Å². The molecule has 1 N–H and O–H groups in total. The van der Waals surface area contributed by atoms with E-state index >= 15 is 0 Å². The molecule has 0 aromatic heterocycles. The number of nitrogens with one attached hydrogen (secondary N) is 1. The number of Topliss-reactive ketones (excluding diaryl/α,β-unsaturated/α-hetero) is 1. The fourth-order valence-corrected chi connectivity index (χ4v) is 5.30. The van der Waals surface area contributed by atoms with Crippen LogP contribution in [0.15, 0.2) is 47.4 Å². The van der Waals surface area contributed by atoms with Crippen molar-refractivity contribution in [2.45, 2.75) is 50.8 Å². The number of anilines is 1. The third-order valence-corrected chi connectivity index (χ3v) is 7.40. The SMILES string of the molecule is Cc1ccc(C(=O)CCC(=O)Nc2ccc(C)c(S(=O)(=O)N3CCCCC3)c2)cc1. The Labute approximate surface area is 178 Å². The fourth-order valence-electron chi connectivity index (χ4n) is 3.53. The minimum absolute atomic E-state index is 0.0365. The number of benzene rings is 2. The van der Waals surface area contributed by atoms with E-state index in [0.29, 0.717) is 29.9 Å². The normalized spacial score (nSPS) is 15.0. The topological polar surface area (TPSA) is 83.5 Å². The maximum absolute atomic E-state index is 13.0. The van der Waals surface area contributed by atoms with Crippen molar-refractivity contribution >= 4 is 27.4 Å². The van der Waals surface area contributed by atoms with Crippen LogP contribution >= 0.6 is 0 Å². The Balaban J connectivity index is 1.65. The van der Waals surface area contributed by atoms with Crippen molar-refractivity contribution in [3.8, 4) is 0 Å². The number of amides is 1. The van der Waals surface area contributed by atoms with Crippen molar-refractivity contribution in [3.05, 3.63) is 59.2 Å².